The van der Waals surface area contributed by atoms with E-state index in [2.05, 4.69) is 10.2 Å². The minimum Gasteiger partial charge on any atom is -0.368 e. The average molecular weight is 308 g/mol. The molecule has 1 aromatic rings. The first-order chi connectivity index (χ1) is 10.5. The molecule has 1 aliphatic heterocycles. The summed E-state index contributed by atoms with van der Waals surface area (Å²) in [5.74, 6) is -0.344. The van der Waals surface area contributed by atoms with Crippen molar-refractivity contribution in [3.8, 4) is 0 Å². The maximum atomic E-state index is 12.9. The van der Waals surface area contributed by atoms with Crippen LogP contribution in [0, 0.1) is 5.82 Å². The molecule has 22 heavy (non-hydrogen) atoms. The molecule has 120 valence electrons. The number of nitrogens with zero attached hydrogens (tertiary/aromatic N) is 3. The molecule has 0 bridgehead atoms. The van der Waals surface area contributed by atoms with Crippen LogP contribution in [0.2, 0.25) is 0 Å². The van der Waals surface area contributed by atoms with Gasteiger partial charge < -0.3 is 20.0 Å². The van der Waals surface area contributed by atoms with Gasteiger partial charge in [0.2, 0.25) is 5.91 Å². The largest absolute Gasteiger partial charge is 0.368 e. The van der Waals surface area contributed by atoms with Gasteiger partial charge in [0.25, 0.3) is 0 Å². The van der Waals surface area contributed by atoms with Crippen LogP contribution in [0.5, 0.6) is 0 Å². The number of rotatable bonds is 3. The fourth-order valence-electron chi connectivity index (χ4n) is 2.29. The summed E-state index contributed by atoms with van der Waals surface area (Å²) >= 11 is 0. The number of carbonyl (C=O) groups is 2. The van der Waals surface area contributed by atoms with Gasteiger partial charge in [-0.15, -0.1) is 0 Å². The lowest BCUT2D eigenvalue weighted by atomic mass is 10.2. The van der Waals surface area contributed by atoms with Crippen LogP contribution >= 0.6 is 0 Å². The fourth-order valence-corrected chi connectivity index (χ4v) is 2.29. The third-order valence-corrected chi connectivity index (χ3v) is 3.62. The molecule has 0 aromatic heterocycles. The van der Waals surface area contributed by atoms with Gasteiger partial charge in [-0.2, -0.15) is 0 Å². The van der Waals surface area contributed by atoms with Crippen molar-refractivity contribution in [3.05, 3.63) is 30.1 Å². The molecule has 1 fully saturated rings. The molecule has 2 rings (SSSR count). The molecule has 0 radical (unpaired) electrons. The molecule has 3 amide bonds. The maximum absolute atomic E-state index is 12.9. The topological polar surface area (TPSA) is 55.9 Å². The molecule has 7 heteroatoms. The van der Waals surface area contributed by atoms with Crippen LogP contribution in [-0.4, -0.2) is 68.6 Å². The van der Waals surface area contributed by atoms with Gasteiger partial charge in [-0.1, -0.05) is 0 Å². The lowest BCUT2D eigenvalue weighted by Crippen LogP contribution is -2.51. The Morgan fingerprint density at radius 3 is 2.27 bits per heavy atom. The van der Waals surface area contributed by atoms with E-state index in [9.17, 15) is 14.0 Å². The van der Waals surface area contributed by atoms with Gasteiger partial charge in [0.1, 0.15) is 5.82 Å². The first-order valence-electron chi connectivity index (χ1n) is 7.21. The first-order valence-corrected chi connectivity index (χ1v) is 7.21. The minimum absolute atomic E-state index is 0.00750. The van der Waals surface area contributed by atoms with Crippen molar-refractivity contribution in [1.82, 2.24) is 15.1 Å². The molecule has 0 saturated carbocycles. The SMILES string of the molecule is CN(C)C(=O)NCC(=O)N1CCN(c2ccc(F)cc2)CC1. The molecule has 1 heterocycles. The summed E-state index contributed by atoms with van der Waals surface area (Å²) in [5, 5.41) is 2.57. The van der Waals surface area contributed by atoms with Crippen LogP contribution in [0.25, 0.3) is 0 Å². The monoisotopic (exact) mass is 308 g/mol. The first kappa shape index (κ1) is 16.1. The van der Waals surface area contributed by atoms with Gasteiger partial charge in [0.15, 0.2) is 0 Å². The molecule has 1 saturated heterocycles. The van der Waals surface area contributed by atoms with Gasteiger partial charge in [0.05, 0.1) is 6.54 Å². The number of piperazine rings is 1. The molecule has 1 N–H and O–H groups in total. The zero-order chi connectivity index (χ0) is 16.1. The van der Waals surface area contributed by atoms with Crippen molar-refractivity contribution < 1.29 is 14.0 Å². The average Bonchev–Trinajstić information content (AvgIpc) is 2.53. The van der Waals surface area contributed by atoms with E-state index < -0.39 is 0 Å². The van der Waals surface area contributed by atoms with Crippen molar-refractivity contribution >= 4 is 17.6 Å². The van der Waals surface area contributed by atoms with Crippen LogP contribution in [0.1, 0.15) is 0 Å². The summed E-state index contributed by atoms with van der Waals surface area (Å²) in [6, 6.07) is 6.07. The van der Waals surface area contributed by atoms with E-state index in [1.807, 2.05) is 0 Å². The number of amides is 3. The van der Waals surface area contributed by atoms with Crippen molar-refractivity contribution in [2.45, 2.75) is 0 Å². The van der Waals surface area contributed by atoms with Crippen LogP contribution in [0.4, 0.5) is 14.9 Å². The van der Waals surface area contributed by atoms with Crippen molar-refractivity contribution in [3.63, 3.8) is 0 Å². The van der Waals surface area contributed by atoms with E-state index in [4.69, 9.17) is 0 Å². The quantitative estimate of drug-likeness (QED) is 0.896. The number of hydrogen-bond acceptors (Lipinski definition) is 3. The van der Waals surface area contributed by atoms with Crippen molar-refractivity contribution in [2.75, 3.05) is 51.7 Å². The molecule has 0 unspecified atom stereocenters. The lowest BCUT2D eigenvalue weighted by Gasteiger charge is -2.36. The Kier molecular flexibility index (Phi) is 5.19. The fraction of sp³-hybridized carbons (Fsp3) is 0.467. The molecule has 1 aromatic carbocycles. The molecular formula is C15H21FN4O2. The number of urea groups is 1. The molecule has 0 aliphatic carbocycles. The van der Waals surface area contributed by atoms with E-state index in [1.54, 1.807) is 31.1 Å². The van der Waals surface area contributed by atoms with Gasteiger partial charge in [-0.05, 0) is 24.3 Å². The molecular weight excluding hydrogens is 287 g/mol. The zero-order valence-corrected chi connectivity index (χ0v) is 12.9. The van der Waals surface area contributed by atoms with Crippen LogP contribution in [-0.2, 0) is 4.79 Å². The Morgan fingerprint density at radius 2 is 1.73 bits per heavy atom. The third kappa shape index (κ3) is 4.09. The normalized spacial score (nSPS) is 14.7. The predicted molar refractivity (Wildman–Crippen MR) is 82.3 cm³/mol. The van der Waals surface area contributed by atoms with Crippen LogP contribution in [0.15, 0.2) is 24.3 Å². The summed E-state index contributed by atoms with van der Waals surface area (Å²) in [4.78, 5) is 28.7. The van der Waals surface area contributed by atoms with E-state index in [0.717, 1.165) is 5.69 Å². The minimum atomic E-state index is -0.279. The third-order valence-electron chi connectivity index (χ3n) is 3.62. The summed E-state index contributed by atoms with van der Waals surface area (Å²) in [7, 11) is 3.25. The van der Waals surface area contributed by atoms with Gasteiger partial charge >= 0.3 is 6.03 Å². The Morgan fingerprint density at radius 1 is 1.14 bits per heavy atom. The number of halogens is 1. The predicted octanol–water partition coefficient (Wildman–Crippen LogP) is 0.745. The van der Waals surface area contributed by atoms with Gasteiger partial charge in [-0.25, -0.2) is 9.18 Å². The van der Waals surface area contributed by atoms with E-state index in [0.29, 0.717) is 26.2 Å². The van der Waals surface area contributed by atoms with Crippen molar-refractivity contribution in [2.24, 2.45) is 0 Å². The van der Waals surface area contributed by atoms with Gasteiger partial charge in [0, 0.05) is 46.0 Å². The van der Waals surface area contributed by atoms with Crippen molar-refractivity contribution in [1.29, 1.82) is 0 Å². The second kappa shape index (κ2) is 7.11. The summed E-state index contributed by atoms with van der Waals surface area (Å²) < 4.78 is 12.9. The summed E-state index contributed by atoms with van der Waals surface area (Å²) in [5.41, 5.74) is 0.953. The molecule has 6 nitrogen and oxygen atoms in total. The Hall–Kier alpha value is -2.31. The number of anilines is 1. The van der Waals surface area contributed by atoms with Crippen LogP contribution < -0.4 is 10.2 Å². The highest BCUT2D eigenvalue weighted by Crippen LogP contribution is 2.16. The molecule has 0 spiro atoms. The van der Waals surface area contributed by atoms with E-state index in [-0.39, 0.29) is 24.3 Å². The number of hydrogen-bond donors (Lipinski definition) is 1. The van der Waals surface area contributed by atoms with E-state index in [1.165, 1.54) is 17.0 Å². The Labute approximate surface area is 129 Å². The second-order valence-corrected chi connectivity index (χ2v) is 5.40. The number of nitrogens with one attached hydrogen (secondary N) is 1. The summed E-state index contributed by atoms with van der Waals surface area (Å²) in [6.45, 7) is 2.58. The zero-order valence-electron chi connectivity index (χ0n) is 12.9. The smallest absolute Gasteiger partial charge is 0.317 e. The molecule has 1 aliphatic rings. The standard InChI is InChI=1S/C15H21FN4O2/c1-18(2)15(22)17-11-14(21)20-9-7-19(8-10-20)13-5-3-12(16)4-6-13/h3-6H,7-11H2,1-2H3,(H,17,22). The van der Waals surface area contributed by atoms with Gasteiger partial charge in [-0.3, -0.25) is 4.79 Å². The number of carbonyl (C=O) groups excluding carboxylic acids is 2. The highest BCUT2D eigenvalue weighted by atomic mass is 19.1. The van der Waals surface area contributed by atoms with Crippen LogP contribution in [0.3, 0.4) is 0 Å². The molecule has 0 atom stereocenters. The lowest BCUT2D eigenvalue weighted by molar-refractivity contribution is -0.130. The van der Waals surface area contributed by atoms with E-state index >= 15 is 0 Å². The summed E-state index contributed by atoms with van der Waals surface area (Å²) in [6.07, 6.45) is 0. The number of benzene rings is 1. The maximum Gasteiger partial charge on any atom is 0.317 e. The Balaban J connectivity index is 1.80. The Bertz CT molecular complexity index is 525. The highest BCUT2D eigenvalue weighted by Gasteiger charge is 2.21. The second-order valence-electron chi connectivity index (χ2n) is 5.40. The highest BCUT2D eigenvalue weighted by molar-refractivity contribution is 5.84.